The van der Waals surface area contributed by atoms with E-state index >= 15 is 0 Å². The first-order valence-corrected chi connectivity index (χ1v) is 4.00. The summed E-state index contributed by atoms with van der Waals surface area (Å²) in [5, 5.41) is 3.27. The molecular formula is C8H20N2O. The Morgan fingerprint density at radius 1 is 1.55 bits per heavy atom. The topological polar surface area (TPSA) is 47.3 Å². The van der Waals surface area contributed by atoms with Gasteiger partial charge in [-0.05, 0) is 20.8 Å². The summed E-state index contributed by atoms with van der Waals surface area (Å²) >= 11 is 0. The number of nitrogens with one attached hydrogen (secondary N) is 1. The lowest BCUT2D eigenvalue weighted by atomic mass is 10.1. The first kappa shape index (κ1) is 10.9. The maximum atomic E-state index is 5.44. The summed E-state index contributed by atoms with van der Waals surface area (Å²) in [7, 11) is 1.72. The summed E-state index contributed by atoms with van der Waals surface area (Å²) in [6.45, 7) is 7.65. The average Bonchev–Trinajstić information content (AvgIpc) is 2.00. The van der Waals surface area contributed by atoms with E-state index in [1.165, 1.54) is 0 Å². The van der Waals surface area contributed by atoms with Gasteiger partial charge in [0, 0.05) is 26.2 Å². The fourth-order valence-corrected chi connectivity index (χ4v) is 0.576. The molecule has 0 aromatic rings. The van der Waals surface area contributed by atoms with Crippen LogP contribution in [0.2, 0.25) is 0 Å². The zero-order valence-electron chi connectivity index (χ0n) is 7.98. The fourth-order valence-electron chi connectivity index (χ4n) is 0.576. The molecule has 0 aliphatic rings. The Balaban J connectivity index is 3.52. The van der Waals surface area contributed by atoms with E-state index in [4.69, 9.17) is 10.5 Å². The molecule has 0 radical (unpaired) electrons. The lowest BCUT2D eigenvalue weighted by molar-refractivity contribution is 0.0216. The van der Waals surface area contributed by atoms with Crippen LogP contribution in [-0.2, 0) is 4.74 Å². The van der Waals surface area contributed by atoms with Crippen LogP contribution in [0.25, 0.3) is 0 Å². The van der Waals surface area contributed by atoms with E-state index < -0.39 is 0 Å². The van der Waals surface area contributed by atoms with Gasteiger partial charge < -0.3 is 15.8 Å². The number of rotatable bonds is 5. The Labute approximate surface area is 69.3 Å². The molecule has 3 heteroatoms. The molecule has 68 valence electrons. The summed E-state index contributed by atoms with van der Waals surface area (Å²) in [5.41, 5.74) is 5.35. The van der Waals surface area contributed by atoms with Crippen molar-refractivity contribution in [2.24, 2.45) is 5.73 Å². The number of hydrogen-bond donors (Lipinski definition) is 2. The van der Waals surface area contributed by atoms with Crippen molar-refractivity contribution in [3.63, 3.8) is 0 Å². The van der Waals surface area contributed by atoms with Crippen molar-refractivity contribution >= 4 is 0 Å². The van der Waals surface area contributed by atoms with E-state index in [-0.39, 0.29) is 5.60 Å². The zero-order chi connectivity index (χ0) is 8.91. The van der Waals surface area contributed by atoms with E-state index in [1.807, 2.05) is 13.8 Å². The van der Waals surface area contributed by atoms with Crippen LogP contribution in [-0.4, -0.2) is 31.8 Å². The van der Waals surface area contributed by atoms with Gasteiger partial charge in [-0.2, -0.15) is 0 Å². The van der Waals surface area contributed by atoms with Gasteiger partial charge in [0.05, 0.1) is 5.60 Å². The second-order valence-electron chi connectivity index (χ2n) is 3.48. The fraction of sp³-hybridized carbons (Fsp3) is 1.00. The van der Waals surface area contributed by atoms with Gasteiger partial charge in [-0.15, -0.1) is 0 Å². The Kier molecular flexibility index (Phi) is 4.65. The molecule has 0 bridgehead atoms. The molecule has 0 amide bonds. The average molecular weight is 160 g/mol. The molecule has 0 aliphatic carbocycles. The highest BCUT2D eigenvalue weighted by atomic mass is 16.5. The van der Waals surface area contributed by atoms with Crippen molar-refractivity contribution in [1.29, 1.82) is 0 Å². The lowest BCUT2D eigenvalue weighted by Gasteiger charge is -2.25. The van der Waals surface area contributed by atoms with Crippen molar-refractivity contribution < 1.29 is 4.74 Å². The maximum absolute atomic E-state index is 5.44. The second-order valence-corrected chi connectivity index (χ2v) is 3.48. The van der Waals surface area contributed by atoms with Gasteiger partial charge >= 0.3 is 0 Å². The summed E-state index contributed by atoms with van der Waals surface area (Å²) in [6, 6.07) is 0.365. The molecule has 11 heavy (non-hydrogen) atoms. The van der Waals surface area contributed by atoms with Crippen LogP contribution in [0.4, 0.5) is 0 Å². The van der Waals surface area contributed by atoms with Gasteiger partial charge in [-0.3, -0.25) is 0 Å². The van der Waals surface area contributed by atoms with Gasteiger partial charge in [0.25, 0.3) is 0 Å². The molecule has 3 nitrogen and oxygen atoms in total. The summed E-state index contributed by atoms with van der Waals surface area (Å²) in [4.78, 5) is 0. The van der Waals surface area contributed by atoms with Crippen LogP contribution in [0.5, 0.6) is 0 Å². The van der Waals surface area contributed by atoms with Crippen LogP contribution in [0.1, 0.15) is 20.8 Å². The van der Waals surface area contributed by atoms with Crippen molar-refractivity contribution in [3.8, 4) is 0 Å². The molecule has 0 spiro atoms. The third kappa shape index (κ3) is 5.18. The van der Waals surface area contributed by atoms with Crippen LogP contribution in [0.3, 0.4) is 0 Å². The Morgan fingerprint density at radius 2 is 2.09 bits per heavy atom. The molecule has 0 fully saturated rings. The molecule has 0 rings (SSSR count). The molecule has 1 unspecified atom stereocenters. The Morgan fingerprint density at radius 3 is 2.45 bits per heavy atom. The van der Waals surface area contributed by atoms with Gasteiger partial charge in [0.1, 0.15) is 0 Å². The van der Waals surface area contributed by atoms with Crippen LogP contribution < -0.4 is 11.1 Å². The molecule has 0 aromatic carbocycles. The van der Waals surface area contributed by atoms with E-state index in [1.54, 1.807) is 7.11 Å². The quantitative estimate of drug-likeness (QED) is 0.610. The monoisotopic (exact) mass is 160 g/mol. The predicted molar refractivity (Wildman–Crippen MR) is 47.6 cm³/mol. The number of nitrogens with two attached hydrogens (primary N) is 1. The van der Waals surface area contributed by atoms with Crippen molar-refractivity contribution in [2.45, 2.75) is 32.4 Å². The predicted octanol–water partition coefficient (Wildman–Crippen LogP) is 0.348. The van der Waals surface area contributed by atoms with E-state index in [0.717, 1.165) is 6.54 Å². The summed E-state index contributed by atoms with van der Waals surface area (Å²) in [6.07, 6.45) is 0. The minimum absolute atomic E-state index is 0.0938. The molecule has 0 saturated heterocycles. The SMILES string of the molecule is COC(C)(C)CNC(C)CN. The molecule has 1 atom stereocenters. The highest BCUT2D eigenvalue weighted by Gasteiger charge is 2.16. The van der Waals surface area contributed by atoms with Gasteiger partial charge in [0.15, 0.2) is 0 Å². The zero-order valence-corrected chi connectivity index (χ0v) is 7.98. The first-order chi connectivity index (χ1) is 5.02. The van der Waals surface area contributed by atoms with E-state index in [0.29, 0.717) is 12.6 Å². The smallest absolute Gasteiger partial charge is 0.0746 e. The molecule has 3 N–H and O–H groups in total. The minimum atomic E-state index is -0.0938. The largest absolute Gasteiger partial charge is 0.377 e. The van der Waals surface area contributed by atoms with Crippen LogP contribution in [0.15, 0.2) is 0 Å². The van der Waals surface area contributed by atoms with Gasteiger partial charge in [0.2, 0.25) is 0 Å². The maximum Gasteiger partial charge on any atom is 0.0746 e. The molecule has 0 aromatic heterocycles. The molecule has 0 heterocycles. The van der Waals surface area contributed by atoms with Crippen molar-refractivity contribution in [2.75, 3.05) is 20.2 Å². The first-order valence-electron chi connectivity index (χ1n) is 4.00. The summed E-state index contributed by atoms with van der Waals surface area (Å²) < 4.78 is 5.23. The van der Waals surface area contributed by atoms with E-state index in [2.05, 4.69) is 12.2 Å². The Bertz CT molecular complexity index is 104. The van der Waals surface area contributed by atoms with Gasteiger partial charge in [-0.25, -0.2) is 0 Å². The third-order valence-corrected chi connectivity index (χ3v) is 1.78. The summed E-state index contributed by atoms with van der Waals surface area (Å²) in [5.74, 6) is 0. The number of ether oxygens (including phenoxy) is 1. The normalized spacial score (nSPS) is 15.0. The lowest BCUT2D eigenvalue weighted by Crippen LogP contribution is -2.43. The third-order valence-electron chi connectivity index (χ3n) is 1.78. The van der Waals surface area contributed by atoms with Crippen molar-refractivity contribution in [1.82, 2.24) is 5.32 Å². The number of methoxy groups -OCH3 is 1. The Hall–Kier alpha value is -0.120. The minimum Gasteiger partial charge on any atom is -0.377 e. The number of hydrogen-bond acceptors (Lipinski definition) is 3. The molecule has 0 aliphatic heterocycles. The van der Waals surface area contributed by atoms with Crippen LogP contribution >= 0.6 is 0 Å². The van der Waals surface area contributed by atoms with Crippen molar-refractivity contribution in [3.05, 3.63) is 0 Å². The van der Waals surface area contributed by atoms with Crippen LogP contribution in [0, 0.1) is 0 Å². The molecular weight excluding hydrogens is 140 g/mol. The second kappa shape index (κ2) is 4.70. The molecule has 0 saturated carbocycles. The highest BCUT2D eigenvalue weighted by molar-refractivity contribution is 4.73. The standard InChI is InChI=1S/C8H20N2O/c1-7(5-9)10-6-8(2,3)11-4/h7,10H,5-6,9H2,1-4H3. The highest BCUT2D eigenvalue weighted by Crippen LogP contribution is 2.04. The van der Waals surface area contributed by atoms with E-state index in [9.17, 15) is 0 Å². The van der Waals surface area contributed by atoms with Gasteiger partial charge in [-0.1, -0.05) is 0 Å².